The number of hydrogen-bond donors (Lipinski definition) is 4. The lowest BCUT2D eigenvalue weighted by molar-refractivity contribution is -0.156. The second-order valence-electron chi connectivity index (χ2n) is 34.8. The van der Waals surface area contributed by atoms with Crippen molar-refractivity contribution in [2.45, 2.75) is 291 Å². The summed E-state index contributed by atoms with van der Waals surface area (Å²) in [7, 11) is 0. The van der Waals surface area contributed by atoms with Crippen LogP contribution in [0.25, 0.3) is 0 Å². The molecule has 0 bridgehead atoms. The van der Waals surface area contributed by atoms with Crippen LogP contribution >= 0.6 is 0 Å². The Balaban J connectivity index is 0.000000137. The quantitative estimate of drug-likeness (QED) is 0.217. The molecule has 2 aromatic carbocycles. The lowest BCUT2D eigenvalue weighted by atomic mass is 9.46. The van der Waals surface area contributed by atoms with Gasteiger partial charge in [0.15, 0.2) is 0 Å². The van der Waals surface area contributed by atoms with E-state index in [1.54, 1.807) is 0 Å². The van der Waals surface area contributed by atoms with Gasteiger partial charge in [-0.25, -0.2) is 0 Å². The van der Waals surface area contributed by atoms with E-state index in [4.69, 9.17) is 0 Å². The molecule has 12 saturated carbocycles. The molecule has 88 heavy (non-hydrogen) atoms. The number of aliphatic carboxylic acids is 1. The molecule has 0 aromatic heterocycles. The lowest BCUT2D eigenvalue weighted by Crippen LogP contribution is -2.53. The SMILES string of the molecule is C.C[C@@]1(O)CC[C@H]2[C@H](CC[C@@H]3[C@@H]2CC[C@]2(C)C(C(=O)O)CCCC[C@@H]32)C1.C[C@@]1(O)CC[C@H]2[C@H](CC[C@@H]3[C@@H]2CC[C@]2(C)[C@@H](C(=O)Cc4ccccc4)CCCC[C@@H]32)C1.C[C@@]1(O)CC[C@H]2[C@H](CC[C@@H]3[C@@H]2CC[C@]2(C)[C@H](C(=O)Cc4ccccc4)CCCC[C@@H]32)C1. The zero-order valence-electron chi connectivity index (χ0n) is 55.4. The number of rotatable bonds is 7. The van der Waals surface area contributed by atoms with Crippen molar-refractivity contribution >= 4 is 17.5 Å². The summed E-state index contributed by atoms with van der Waals surface area (Å²) in [6.45, 7) is 13.5. The first-order valence-corrected chi connectivity index (χ1v) is 37.1. The highest BCUT2D eigenvalue weighted by molar-refractivity contribution is 5.84. The van der Waals surface area contributed by atoms with Gasteiger partial charge in [-0.15, -0.1) is 0 Å². The molecule has 7 nitrogen and oxygen atoms in total. The number of Topliss-reactive ketones (excluding diaryl/α,β-unsaturated/α-hetero) is 2. The van der Waals surface area contributed by atoms with Crippen molar-refractivity contribution < 1.29 is 34.8 Å². The van der Waals surface area contributed by atoms with E-state index in [9.17, 15) is 34.8 Å². The van der Waals surface area contributed by atoms with Gasteiger partial charge in [-0.05, 0) is 310 Å². The third kappa shape index (κ3) is 13.5. The van der Waals surface area contributed by atoms with Crippen LogP contribution in [0, 0.1) is 123 Å². The van der Waals surface area contributed by atoms with Crippen LogP contribution in [0.5, 0.6) is 0 Å². The highest BCUT2D eigenvalue weighted by atomic mass is 16.4. The number of carboxylic acid groups (broad SMARTS) is 1. The molecule has 2 aromatic rings. The Morgan fingerprint density at radius 3 is 0.955 bits per heavy atom. The number of benzene rings is 2. The first-order valence-electron chi connectivity index (χ1n) is 37.1. The zero-order chi connectivity index (χ0) is 61.1. The average molecular weight is 1210 g/mol. The normalized spacial score (nSPS) is 46.8. The second-order valence-corrected chi connectivity index (χ2v) is 34.8. The van der Waals surface area contributed by atoms with Crippen molar-refractivity contribution in [3.05, 3.63) is 71.8 Å². The molecular weight excluding hydrogens is 1080 g/mol. The highest BCUT2D eigenvalue weighted by Crippen LogP contribution is 2.66. The lowest BCUT2D eigenvalue weighted by Gasteiger charge is -2.58. The van der Waals surface area contributed by atoms with Gasteiger partial charge in [0.25, 0.3) is 0 Å². The number of aliphatic hydroxyl groups is 3. The predicted molar refractivity (Wildman–Crippen MR) is 356 cm³/mol. The molecule has 1 unspecified atom stereocenters. The summed E-state index contributed by atoms with van der Waals surface area (Å²) in [6.07, 6.45) is 40.4. The first-order chi connectivity index (χ1) is 41.6. The van der Waals surface area contributed by atoms with E-state index in [0.717, 1.165) is 148 Å². The minimum atomic E-state index is -0.546. The Morgan fingerprint density at radius 1 is 0.352 bits per heavy atom. The van der Waals surface area contributed by atoms with Crippen molar-refractivity contribution in [1.82, 2.24) is 0 Å². The van der Waals surface area contributed by atoms with E-state index in [0.29, 0.717) is 36.2 Å². The van der Waals surface area contributed by atoms with Crippen molar-refractivity contribution in [2.75, 3.05) is 0 Å². The van der Waals surface area contributed by atoms with Gasteiger partial charge in [0, 0.05) is 24.7 Å². The van der Waals surface area contributed by atoms with E-state index < -0.39 is 22.8 Å². The molecule has 24 atom stereocenters. The van der Waals surface area contributed by atoms with Gasteiger partial charge >= 0.3 is 5.97 Å². The molecule has 0 radical (unpaired) electrons. The Hall–Kier alpha value is -2.87. The van der Waals surface area contributed by atoms with Crippen molar-refractivity contribution in [3.63, 3.8) is 0 Å². The number of fused-ring (bicyclic) bond motifs is 15. The summed E-state index contributed by atoms with van der Waals surface area (Å²) in [5.41, 5.74) is 1.43. The average Bonchev–Trinajstić information content (AvgIpc) is 1.26. The maximum Gasteiger partial charge on any atom is 0.307 e. The fourth-order valence-electron chi connectivity index (χ4n) is 25.6. The summed E-state index contributed by atoms with van der Waals surface area (Å²) >= 11 is 0. The number of carbonyl (C=O) groups is 3. The fourth-order valence-corrected chi connectivity index (χ4v) is 25.6. The molecule has 12 aliphatic rings. The summed E-state index contributed by atoms with van der Waals surface area (Å²) in [4.78, 5) is 39.2. The molecule has 0 spiro atoms. The summed E-state index contributed by atoms with van der Waals surface area (Å²) in [6, 6.07) is 20.8. The smallest absolute Gasteiger partial charge is 0.307 e. The largest absolute Gasteiger partial charge is 0.481 e. The maximum atomic E-state index is 13.6. The number of carboxylic acids is 1. The van der Waals surface area contributed by atoms with E-state index in [1.165, 1.54) is 152 Å². The van der Waals surface area contributed by atoms with Crippen LogP contribution in [0.1, 0.15) is 272 Å². The minimum absolute atomic E-state index is 0. The molecule has 7 heteroatoms. The van der Waals surface area contributed by atoms with Crippen LogP contribution in [0.3, 0.4) is 0 Å². The van der Waals surface area contributed by atoms with Gasteiger partial charge in [-0.1, -0.05) is 127 Å². The molecule has 0 heterocycles. The Kier molecular flexibility index (Phi) is 20.3. The highest BCUT2D eigenvalue weighted by Gasteiger charge is 2.60. The van der Waals surface area contributed by atoms with Crippen LogP contribution in [-0.4, -0.2) is 54.8 Å². The monoisotopic (exact) mass is 1210 g/mol. The summed E-state index contributed by atoms with van der Waals surface area (Å²) in [5, 5.41) is 41.7. The van der Waals surface area contributed by atoms with Gasteiger partial charge in [-0.2, -0.15) is 0 Å². The Morgan fingerprint density at radius 2 is 0.636 bits per heavy atom. The first kappa shape index (κ1) is 66.6. The van der Waals surface area contributed by atoms with Crippen LogP contribution < -0.4 is 0 Å². The molecule has 12 fully saturated rings. The van der Waals surface area contributed by atoms with Gasteiger partial charge < -0.3 is 20.4 Å². The number of ketones is 2. The van der Waals surface area contributed by atoms with Gasteiger partial charge in [-0.3, -0.25) is 14.4 Å². The van der Waals surface area contributed by atoms with Crippen LogP contribution in [0.15, 0.2) is 60.7 Å². The topological polar surface area (TPSA) is 132 Å². The predicted octanol–water partition coefficient (Wildman–Crippen LogP) is 18.7. The summed E-state index contributed by atoms with van der Waals surface area (Å²) < 4.78 is 0. The Labute approximate surface area is 534 Å². The zero-order valence-corrected chi connectivity index (χ0v) is 55.4. The van der Waals surface area contributed by atoms with Crippen LogP contribution in [0.4, 0.5) is 0 Å². The molecule has 0 aliphatic heterocycles. The molecule has 0 amide bonds. The van der Waals surface area contributed by atoms with E-state index >= 15 is 0 Å². The van der Waals surface area contributed by atoms with Crippen LogP contribution in [0.2, 0.25) is 0 Å². The summed E-state index contributed by atoms with van der Waals surface area (Å²) in [5.74, 6) is 12.3. The molecule has 490 valence electrons. The minimum Gasteiger partial charge on any atom is -0.481 e. The molecule has 14 rings (SSSR count). The third-order valence-electron chi connectivity index (χ3n) is 29.7. The van der Waals surface area contributed by atoms with Crippen LogP contribution in [-0.2, 0) is 27.2 Å². The van der Waals surface area contributed by atoms with Gasteiger partial charge in [0.2, 0.25) is 0 Å². The second kappa shape index (κ2) is 26.9. The standard InChI is InChI=1S/2C29H42O2.C22H36O3.CH4/c2*1-28(31)16-14-22-21(19-28)12-13-24-23(22)15-17-29(2)25(24)10-6-7-11-26(29)27(30)18-20-8-4-3-5-9-20;1-21(25)11-9-15-14(13-21)7-8-17-16(15)10-12-22(2)18(17)5-3-4-6-19(22)20(23)24;/h2*3-5,8-9,21-26,31H,6-7,10-19H2,1-2H3;14-19,25H,3-13H2,1-2H3,(H,23,24);1H4/t21-,22+,23-,24-,25+,26+,28-,29+;21-,22+,23-,24-,25+,26-,28-,29+;14-,15+,16-,17-,18+,19?,21-,22+;/m111./s1. The number of hydrogen-bond acceptors (Lipinski definition) is 6. The van der Waals surface area contributed by atoms with Gasteiger partial charge in [0.05, 0.1) is 22.7 Å². The molecule has 4 N–H and O–H groups in total. The maximum absolute atomic E-state index is 13.6. The fraction of sp³-hybridized carbons (Fsp3) is 0.815. The third-order valence-corrected chi connectivity index (χ3v) is 29.7. The van der Waals surface area contributed by atoms with Gasteiger partial charge in [0.1, 0.15) is 11.6 Å². The molecule has 0 saturated heterocycles. The Bertz CT molecular complexity index is 2530. The van der Waals surface area contributed by atoms with Crippen molar-refractivity contribution in [2.24, 2.45) is 123 Å². The molecular formula is C81H124O7. The number of carbonyl (C=O) groups excluding carboxylic acids is 2. The van der Waals surface area contributed by atoms with E-state index in [2.05, 4.69) is 83.1 Å². The van der Waals surface area contributed by atoms with Crippen molar-refractivity contribution in [3.8, 4) is 0 Å². The van der Waals surface area contributed by atoms with Crippen molar-refractivity contribution in [1.29, 1.82) is 0 Å². The van der Waals surface area contributed by atoms with E-state index in [-0.39, 0.29) is 41.4 Å². The molecule has 12 aliphatic carbocycles. The van der Waals surface area contributed by atoms with E-state index in [1.807, 2.05) is 19.1 Å².